The van der Waals surface area contributed by atoms with Crippen molar-refractivity contribution in [3.8, 4) is 0 Å². The lowest BCUT2D eigenvalue weighted by Crippen LogP contribution is -2.53. The maximum absolute atomic E-state index is 10.8. The minimum Gasteiger partial charge on any atom is -0.395 e. The Bertz CT molecular complexity index is 143. The molecule has 1 atom stereocenters. The summed E-state index contributed by atoms with van der Waals surface area (Å²) in [5, 5.41) is 11.6. The van der Waals surface area contributed by atoms with Crippen molar-refractivity contribution in [1.29, 1.82) is 0 Å². The Kier molecular flexibility index (Phi) is 4.40. The maximum atomic E-state index is 10.8. The van der Waals surface area contributed by atoms with Crippen LogP contribution in [0.1, 0.15) is 0 Å². The van der Waals surface area contributed by atoms with E-state index in [0.717, 1.165) is 0 Å². The van der Waals surface area contributed by atoms with Gasteiger partial charge in [0.05, 0.1) is 13.2 Å². The van der Waals surface area contributed by atoms with Crippen LogP contribution in [0.25, 0.3) is 0 Å². The Morgan fingerprint density at radius 2 is 2.45 bits per heavy atom. The Morgan fingerprint density at radius 3 is 2.91 bits per heavy atom. The molecule has 0 radical (unpaired) electrons. The van der Waals surface area contributed by atoms with E-state index in [1.165, 1.54) is 0 Å². The van der Waals surface area contributed by atoms with E-state index in [9.17, 15) is 4.79 Å². The summed E-state index contributed by atoms with van der Waals surface area (Å²) in [6.07, 6.45) is 0. The van der Waals surface area contributed by atoms with Gasteiger partial charge in [0.2, 0.25) is 5.91 Å². The zero-order valence-electron chi connectivity index (χ0n) is 6.41. The summed E-state index contributed by atoms with van der Waals surface area (Å²) in [5.41, 5.74) is 0. The molecule has 0 bridgehead atoms. The van der Waals surface area contributed by atoms with Gasteiger partial charge in [-0.25, -0.2) is 0 Å². The Balaban J connectivity index is 0.000001000. The Hall–Kier alpha value is -0.320. The predicted octanol–water partition coefficient (Wildman–Crippen LogP) is -1.17. The van der Waals surface area contributed by atoms with Gasteiger partial charge in [0.1, 0.15) is 0 Å². The quantitative estimate of drug-likeness (QED) is 0.535. The zero-order valence-corrected chi connectivity index (χ0v) is 7.23. The van der Waals surface area contributed by atoms with E-state index in [0.29, 0.717) is 13.1 Å². The first-order valence-electron chi connectivity index (χ1n) is 3.32. The molecular weight excluding hydrogens is 168 g/mol. The first-order valence-corrected chi connectivity index (χ1v) is 3.32. The first kappa shape index (κ1) is 10.7. The number of carbonyl (C=O) groups excluding carboxylic acids is 1. The molecule has 0 aromatic heterocycles. The van der Waals surface area contributed by atoms with Gasteiger partial charge < -0.3 is 15.3 Å². The van der Waals surface area contributed by atoms with Crippen LogP contribution in [-0.4, -0.2) is 48.7 Å². The average molecular weight is 181 g/mol. The van der Waals surface area contributed by atoms with Gasteiger partial charge in [0.25, 0.3) is 0 Å². The van der Waals surface area contributed by atoms with E-state index in [2.05, 4.69) is 5.32 Å². The third kappa shape index (κ3) is 2.65. The fourth-order valence-corrected chi connectivity index (χ4v) is 0.986. The number of aliphatic hydroxyl groups excluding tert-OH is 1. The zero-order chi connectivity index (χ0) is 7.56. The molecule has 1 unspecified atom stereocenters. The minimum absolute atomic E-state index is 0. The van der Waals surface area contributed by atoms with Crippen molar-refractivity contribution in [3.63, 3.8) is 0 Å². The normalized spacial score (nSPS) is 24.7. The molecule has 0 saturated carbocycles. The highest BCUT2D eigenvalue weighted by Gasteiger charge is 2.20. The monoisotopic (exact) mass is 180 g/mol. The molecule has 5 heteroatoms. The van der Waals surface area contributed by atoms with E-state index in [-0.39, 0.29) is 31.0 Å². The number of amides is 1. The molecule has 0 aromatic rings. The van der Waals surface area contributed by atoms with Crippen LogP contribution in [0.3, 0.4) is 0 Å². The third-order valence-corrected chi connectivity index (χ3v) is 1.68. The molecule has 0 spiro atoms. The van der Waals surface area contributed by atoms with Gasteiger partial charge in [0.15, 0.2) is 0 Å². The van der Waals surface area contributed by atoms with Crippen molar-refractivity contribution >= 4 is 18.3 Å². The number of nitrogens with one attached hydrogen (secondary N) is 1. The number of rotatable bonds is 1. The molecular formula is C6H13ClN2O2. The smallest absolute Gasteiger partial charge is 0.236 e. The van der Waals surface area contributed by atoms with E-state index < -0.39 is 0 Å². The van der Waals surface area contributed by atoms with Crippen LogP contribution < -0.4 is 5.32 Å². The molecule has 1 rings (SSSR count). The third-order valence-electron chi connectivity index (χ3n) is 1.68. The first-order chi connectivity index (χ1) is 4.74. The number of hydrogen-bond donors (Lipinski definition) is 2. The second-order valence-electron chi connectivity index (χ2n) is 2.53. The van der Waals surface area contributed by atoms with Crippen LogP contribution in [0, 0.1) is 0 Å². The highest BCUT2D eigenvalue weighted by molar-refractivity contribution is 5.85. The summed E-state index contributed by atoms with van der Waals surface area (Å²) < 4.78 is 0. The summed E-state index contributed by atoms with van der Waals surface area (Å²) >= 11 is 0. The highest BCUT2D eigenvalue weighted by Crippen LogP contribution is 1.95. The molecule has 4 nitrogen and oxygen atoms in total. The van der Waals surface area contributed by atoms with Crippen molar-refractivity contribution in [2.75, 3.05) is 26.7 Å². The second-order valence-corrected chi connectivity index (χ2v) is 2.53. The fourth-order valence-electron chi connectivity index (χ4n) is 0.986. The van der Waals surface area contributed by atoms with E-state index in [1.807, 2.05) is 0 Å². The number of aliphatic hydroxyl groups is 1. The predicted molar refractivity (Wildman–Crippen MR) is 43.8 cm³/mol. The van der Waals surface area contributed by atoms with Crippen LogP contribution in [-0.2, 0) is 4.79 Å². The lowest BCUT2D eigenvalue weighted by Gasteiger charge is -2.29. The summed E-state index contributed by atoms with van der Waals surface area (Å²) in [4.78, 5) is 12.5. The van der Waals surface area contributed by atoms with E-state index in [4.69, 9.17) is 5.11 Å². The summed E-state index contributed by atoms with van der Waals surface area (Å²) in [5.74, 6) is 0.0877. The molecule has 1 heterocycles. The lowest BCUT2D eigenvalue weighted by atomic mass is 10.2. The molecule has 2 N–H and O–H groups in total. The van der Waals surface area contributed by atoms with Gasteiger partial charge in [0, 0.05) is 19.6 Å². The summed E-state index contributed by atoms with van der Waals surface area (Å²) in [6, 6.07) is 0.0581. The maximum Gasteiger partial charge on any atom is 0.236 e. The fraction of sp³-hybridized carbons (Fsp3) is 0.833. The SMILES string of the molecule is CN1CC(CO)NCC1=O.Cl. The Labute approximate surface area is 72.0 Å². The van der Waals surface area contributed by atoms with E-state index >= 15 is 0 Å². The van der Waals surface area contributed by atoms with Gasteiger partial charge in [-0.05, 0) is 0 Å². The number of likely N-dealkylation sites (N-methyl/N-ethyl adjacent to an activating group) is 1. The van der Waals surface area contributed by atoms with Gasteiger partial charge in [-0.3, -0.25) is 4.79 Å². The van der Waals surface area contributed by atoms with Crippen molar-refractivity contribution in [1.82, 2.24) is 10.2 Å². The number of carbonyl (C=O) groups is 1. The topological polar surface area (TPSA) is 52.6 Å². The highest BCUT2D eigenvalue weighted by atomic mass is 35.5. The van der Waals surface area contributed by atoms with Gasteiger partial charge in [-0.2, -0.15) is 0 Å². The molecule has 1 aliphatic heterocycles. The standard InChI is InChI=1S/C6H12N2O2.ClH/c1-8-3-5(4-9)7-2-6(8)10;/h5,7,9H,2-4H2,1H3;1H. The lowest BCUT2D eigenvalue weighted by molar-refractivity contribution is -0.131. The molecule has 1 aliphatic rings. The van der Waals surface area contributed by atoms with Crippen LogP contribution in [0.5, 0.6) is 0 Å². The minimum atomic E-state index is 0. The number of hydrogen-bond acceptors (Lipinski definition) is 3. The van der Waals surface area contributed by atoms with Crippen molar-refractivity contribution in [2.45, 2.75) is 6.04 Å². The van der Waals surface area contributed by atoms with E-state index in [1.54, 1.807) is 11.9 Å². The molecule has 0 aromatic carbocycles. The molecule has 1 amide bonds. The van der Waals surface area contributed by atoms with Crippen LogP contribution in [0.2, 0.25) is 0 Å². The van der Waals surface area contributed by atoms with Crippen molar-refractivity contribution in [2.24, 2.45) is 0 Å². The van der Waals surface area contributed by atoms with Crippen molar-refractivity contribution < 1.29 is 9.90 Å². The van der Waals surface area contributed by atoms with Crippen LogP contribution >= 0.6 is 12.4 Å². The molecule has 1 fully saturated rings. The largest absolute Gasteiger partial charge is 0.395 e. The molecule has 66 valence electrons. The summed E-state index contributed by atoms with van der Waals surface area (Å²) in [6.45, 7) is 1.05. The Morgan fingerprint density at radius 1 is 1.82 bits per heavy atom. The number of halogens is 1. The molecule has 11 heavy (non-hydrogen) atoms. The van der Waals surface area contributed by atoms with Gasteiger partial charge >= 0.3 is 0 Å². The van der Waals surface area contributed by atoms with Gasteiger partial charge in [-0.1, -0.05) is 0 Å². The number of piperazine rings is 1. The molecule has 1 saturated heterocycles. The van der Waals surface area contributed by atoms with Crippen LogP contribution in [0.4, 0.5) is 0 Å². The molecule has 0 aliphatic carbocycles. The van der Waals surface area contributed by atoms with Crippen LogP contribution in [0.15, 0.2) is 0 Å². The average Bonchev–Trinajstić information content (AvgIpc) is 1.95. The summed E-state index contributed by atoms with van der Waals surface area (Å²) in [7, 11) is 1.74. The second kappa shape index (κ2) is 4.54. The van der Waals surface area contributed by atoms with Crippen molar-refractivity contribution in [3.05, 3.63) is 0 Å². The number of nitrogens with zero attached hydrogens (tertiary/aromatic N) is 1. The van der Waals surface area contributed by atoms with Gasteiger partial charge in [-0.15, -0.1) is 12.4 Å².